The molecule has 0 aromatic carbocycles. The Morgan fingerprint density at radius 3 is 2.31 bits per heavy atom. The molecule has 0 saturated carbocycles. The van der Waals surface area contributed by atoms with Crippen LogP contribution in [0.15, 0.2) is 0 Å². The minimum atomic E-state index is -1.01. The van der Waals surface area contributed by atoms with Crippen LogP contribution in [-0.2, 0) is 19.1 Å². The van der Waals surface area contributed by atoms with E-state index in [4.69, 9.17) is 5.11 Å². The molecule has 0 aliphatic rings. The molecule has 0 radical (unpaired) electrons. The minimum Gasteiger partial charge on any atom is -0.460 e. The molecule has 0 saturated heterocycles. The normalized spacial score (nSPS) is 10.8. The Kier molecular flexibility index (Phi) is 5.66. The fourth-order valence-electron chi connectivity index (χ4n) is 0.891. The zero-order valence-electron chi connectivity index (χ0n) is 9.70. The second-order valence-electron chi connectivity index (χ2n) is 3.91. The van der Waals surface area contributed by atoms with Crippen molar-refractivity contribution in [3.8, 4) is 0 Å². The van der Waals surface area contributed by atoms with Gasteiger partial charge in [0.15, 0.2) is 0 Å². The van der Waals surface area contributed by atoms with Gasteiger partial charge in [-0.2, -0.15) is 0 Å². The standard InChI is InChI=1S/C10H17NO5/c1-4-16-9(15)7(13)5-8(14)11-10(2,3)6-12/h12H,4-6H2,1-3H3,(H,11,14). The van der Waals surface area contributed by atoms with Crippen LogP contribution in [0.25, 0.3) is 0 Å². The number of Topliss-reactive ketones (excluding diaryl/α,β-unsaturated/α-hetero) is 1. The van der Waals surface area contributed by atoms with Gasteiger partial charge in [-0.25, -0.2) is 4.79 Å². The summed E-state index contributed by atoms with van der Waals surface area (Å²) < 4.78 is 4.44. The predicted molar refractivity (Wildman–Crippen MR) is 55.6 cm³/mol. The maximum Gasteiger partial charge on any atom is 0.375 e. The molecular weight excluding hydrogens is 214 g/mol. The van der Waals surface area contributed by atoms with Crippen molar-refractivity contribution in [3.63, 3.8) is 0 Å². The van der Waals surface area contributed by atoms with Crippen LogP contribution in [0, 0.1) is 0 Å². The number of esters is 1. The van der Waals surface area contributed by atoms with Crippen molar-refractivity contribution in [2.45, 2.75) is 32.7 Å². The van der Waals surface area contributed by atoms with E-state index in [-0.39, 0.29) is 13.2 Å². The quantitative estimate of drug-likeness (QED) is 0.361. The summed E-state index contributed by atoms with van der Waals surface area (Å²) in [6.07, 6.45) is -0.567. The number of ether oxygens (including phenoxy) is 1. The van der Waals surface area contributed by atoms with E-state index in [1.165, 1.54) is 0 Å². The number of hydrogen-bond donors (Lipinski definition) is 2. The van der Waals surface area contributed by atoms with Crippen LogP contribution in [0.3, 0.4) is 0 Å². The number of nitrogens with one attached hydrogen (secondary N) is 1. The molecule has 0 spiro atoms. The first-order valence-corrected chi connectivity index (χ1v) is 4.94. The van der Waals surface area contributed by atoms with Gasteiger partial charge in [0.05, 0.1) is 25.2 Å². The molecule has 0 bridgehead atoms. The monoisotopic (exact) mass is 231 g/mol. The highest BCUT2D eigenvalue weighted by Crippen LogP contribution is 2.00. The summed E-state index contributed by atoms with van der Waals surface area (Å²) in [6, 6.07) is 0. The van der Waals surface area contributed by atoms with Gasteiger partial charge in [0.2, 0.25) is 11.7 Å². The maximum absolute atomic E-state index is 11.3. The van der Waals surface area contributed by atoms with Gasteiger partial charge >= 0.3 is 5.97 Å². The summed E-state index contributed by atoms with van der Waals surface area (Å²) in [7, 11) is 0. The van der Waals surface area contributed by atoms with E-state index >= 15 is 0 Å². The largest absolute Gasteiger partial charge is 0.460 e. The topological polar surface area (TPSA) is 92.7 Å². The van der Waals surface area contributed by atoms with Crippen LogP contribution in [0.4, 0.5) is 0 Å². The summed E-state index contributed by atoms with van der Waals surface area (Å²) in [5.41, 5.74) is -0.813. The average Bonchev–Trinajstić information content (AvgIpc) is 2.17. The number of rotatable bonds is 6. The first-order chi connectivity index (χ1) is 7.32. The molecular formula is C10H17NO5. The first kappa shape index (κ1) is 14.6. The Bertz CT molecular complexity index is 285. The van der Waals surface area contributed by atoms with Gasteiger partial charge in [0.1, 0.15) is 0 Å². The second kappa shape index (κ2) is 6.22. The lowest BCUT2D eigenvalue weighted by atomic mass is 10.1. The number of aliphatic hydroxyl groups excluding tert-OH is 1. The highest BCUT2D eigenvalue weighted by Gasteiger charge is 2.23. The fraction of sp³-hybridized carbons (Fsp3) is 0.700. The third-order valence-corrected chi connectivity index (χ3v) is 1.70. The zero-order valence-corrected chi connectivity index (χ0v) is 9.70. The number of amides is 1. The van der Waals surface area contributed by atoms with Crippen LogP contribution in [-0.4, -0.2) is 41.5 Å². The van der Waals surface area contributed by atoms with Gasteiger partial charge < -0.3 is 15.2 Å². The van der Waals surface area contributed by atoms with E-state index in [0.29, 0.717) is 0 Å². The smallest absolute Gasteiger partial charge is 0.375 e. The second-order valence-corrected chi connectivity index (χ2v) is 3.91. The van der Waals surface area contributed by atoms with E-state index < -0.39 is 29.6 Å². The predicted octanol–water partition coefficient (Wildman–Crippen LogP) is -0.604. The van der Waals surface area contributed by atoms with Crippen molar-refractivity contribution in [1.82, 2.24) is 5.32 Å². The van der Waals surface area contributed by atoms with Crippen molar-refractivity contribution < 1.29 is 24.2 Å². The number of aliphatic hydroxyl groups is 1. The minimum absolute atomic E-state index is 0.0916. The van der Waals surface area contributed by atoms with Gasteiger partial charge in [-0.05, 0) is 20.8 Å². The van der Waals surface area contributed by atoms with E-state index in [9.17, 15) is 14.4 Å². The van der Waals surface area contributed by atoms with E-state index in [2.05, 4.69) is 10.1 Å². The summed E-state index contributed by atoms with van der Waals surface area (Å²) in [5.74, 6) is -2.52. The van der Waals surface area contributed by atoms with Gasteiger partial charge in [-0.15, -0.1) is 0 Å². The third kappa shape index (κ3) is 5.45. The molecule has 16 heavy (non-hydrogen) atoms. The Morgan fingerprint density at radius 2 is 1.88 bits per heavy atom. The summed E-state index contributed by atoms with van der Waals surface area (Å²) >= 11 is 0. The zero-order chi connectivity index (χ0) is 12.8. The highest BCUT2D eigenvalue weighted by molar-refractivity contribution is 6.36. The SMILES string of the molecule is CCOC(=O)C(=O)CC(=O)NC(C)(C)CO. The third-order valence-electron chi connectivity index (χ3n) is 1.70. The van der Waals surface area contributed by atoms with Gasteiger partial charge in [-0.3, -0.25) is 9.59 Å². The van der Waals surface area contributed by atoms with Crippen molar-refractivity contribution >= 4 is 17.7 Å². The van der Waals surface area contributed by atoms with Gasteiger partial charge in [0.25, 0.3) is 0 Å². The van der Waals surface area contributed by atoms with Gasteiger partial charge in [-0.1, -0.05) is 0 Å². The lowest BCUT2D eigenvalue weighted by Gasteiger charge is -2.23. The number of ketones is 1. The van der Waals surface area contributed by atoms with Crippen LogP contribution in [0.1, 0.15) is 27.2 Å². The number of carbonyl (C=O) groups excluding carboxylic acids is 3. The molecule has 92 valence electrons. The average molecular weight is 231 g/mol. The van der Waals surface area contributed by atoms with E-state index in [1.807, 2.05) is 0 Å². The molecule has 0 aliphatic carbocycles. The molecule has 0 fully saturated rings. The molecule has 0 atom stereocenters. The van der Waals surface area contributed by atoms with Gasteiger partial charge in [0, 0.05) is 0 Å². The molecule has 6 nitrogen and oxygen atoms in total. The Labute approximate surface area is 94.0 Å². The molecule has 2 N–H and O–H groups in total. The Hall–Kier alpha value is -1.43. The Morgan fingerprint density at radius 1 is 1.31 bits per heavy atom. The summed E-state index contributed by atoms with van der Waals surface area (Å²) in [6.45, 7) is 4.60. The first-order valence-electron chi connectivity index (χ1n) is 4.94. The molecule has 6 heteroatoms. The molecule has 0 heterocycles. The molecule has 0 rings (SSSR count). The van der Waals surface area contributed by atoms with Crippen molar-refractivity contribution in [3.05, 3.63) is 0 Å². The molecule has 0 aromatic heterocycles. The van der Waals surface area contributed by atoms with Crippen molar-refractivity contribution in [2.75, 3.05) is 13.2 Å². The molecule has 0 unspecified atom stereocenters. The fourth-order valence-corrected chi connectivity index (χ4v) is 0.891. The van der Waals surface area contributed by atoms with Crippen LogP contribution >= 0.6 is 0 Å². The van der Waals surface area contributed by atoms with E-state index in [0.717, 1.165) is 0 Å². The summed E-state index contributed by atoms with van der Waals surface area (Å²) in [4.78, 5) is 33.3. The molecule has 0 aliphatic heterocycles. The van der Waals surface area contributed by atoms with Crippen LogP contribution < -0.4 is 5.32 Å². The van der Waals surface area contributed by atoms with Crippen LogP contribution in [0.5, 0.6) is 0 Å². The lowest BCUT2D eigenvalue weighted by Crippen LogP contribution is -2.47. The van der Waals surface area contributed by atoms with Crippen molar-refractivity contribution in [2.24, 2.45) is 0 Å². The lowest BCUT2D eigenvalue weighted by molar-refractivity contribution is -0.154. The molecule has 0 aromatic rings. The number of hydrogen-bond acceptors (Lipinski definition) is 5. The van der Waals surface area contributed by atoms with E-state index in [1.54, 1.807) is 20.8 Å². The van der Waals surface area contributed by atoms with Crippen LogP contribution in [0.2, 0.25) is 0 Å². The van der Waals surface area contributed by atoms with Crippen molar-refractivity contribution in [1.29, 1.82) is 0 Å². The summed E-state index contributed by atoms with van der Waals surface area (Å²) in [5, 5.41) is 11.3. The maximum atomic E-state index is 11.3. The Balaban J connectivity index is 4.16. The highest BCUT2D eigenvalue weighted by atomic mass is 16.5. The number of carbonyl (C=O) groups is 3. The molecule has 1 amide bonds.